The van der Waals surface area contributed by atoms with E-state index in [-0.39, 0.29) is 17.9 Å². The predicted molar refractivity (Wildman–Crippen MR) is 120 cm³/mol. The monoisotopic (exact) mass is 409 g/mol. The minimum Gasteiger partial charge on any atom is -0.494 e. The number of ether oxygens (including phenoxy) is 1. The van der Waals surface area contributed by atoms with Crippen molar-refractivity contribution >= 4 is 23.2 Å². The van der Waals surface area contributed by atoms with E-state index >= 15 is 0 Å². The lowest BCUT2D eigenvalue weighted by Gasteiger charge is -2.23. The van der Waals surface area contributed by atoms with Gasteiger partial charge < -0.3 is 20.3 Å². The van der Waals surface area contributed by atoms with Crippen molar-refractivity contribution in [3.8, 4) is 5.75 Å². The highest BCUT2D eigenvalue weighted by Crippen LogP contribution is 2.34. The van der Waals surface area contributed by atoms with Gasteiger partial charge in [0.05, 0.1) is 18.8 Å². The summed E-state index contributed by atoms with van der Waals surface area (Å²) < 4.78 is 5.51. The Morgan fingerprint density at radius 2 is 1.97 bits per heavy atom. The van der Waals surface area contributed by atoms with Crippen molar-refractivity contribution in [3.05, 3.63) is 54.1 Å². The van der Waals surface area contributed by atoms with Crippen LogP contribution in [0.25, 0.3) is 0 Å². The molecule has 2 N–H and O–H groups in total. The van der Waals surface area contributed by atoms with Gasteiger partial charge in [0, 0.05) is 24.7 Å². The van der Waals surface area contributed by atoms with Gasteiger partial charge in [-0.25, -0.2) is 0 Å². The van der Waals surface area contributed by atoms with Gasteiger partial charge in [0.25, 0.3) is 0 Å². The van der Waals surface area contributed by atoms with Crippen LogP contribution in [-0.4, -0.2) is 31.5 Å². The zero-order valence-electron chi connectivity index (χ0n) is 18.0. The van der Waals surface area contributed by atoms with Crippen molar-refractivity contribution in [2.75, 3.05) is 23.9 Å². The highest BCUT2D eigenvalue weighted by atomic mass is 16.5. The number of benzene rings is 2. The van der Waals surface area contributed by atoms with Crippen molar-refractivity contribution in [2.45, 2.75) is 51.6 Å². The molecular formula is C24H31N3O3. The molecule has 2 unspecified atom stereocenters. The van der Waals surface area contributed by atoms with E-state index in [2.05, 4.69) is 17.6 Å². The van der Waals surface area contributed by atoms with Crippen LogP contribution < -0.4 is 20.3 Å². The highest BCUT2D eigenvalue weighted by molar-refractivity contribution is 5.97. The predicted octanol–water partition coefficient (Wildman–Crippen LogP) is 4.28. The van der Waals surface area contributed by atoms with E-state index in [1.54, 1.807) is 12.0 Å². The normalized spacial score (nSPS) is 15.6. The molecular weight excluding hydrogens is 378 g/mol. The van der Waals surface area contributed by atoms with Crippen LogP contribution in [0.2, 0.25) is 0 Å². The van der Waals surface area contributed by atoms with Crippen molar-refractivity contribution in [1.29, 1.82) is 0 Å². The summed E-state index contributed by atoms with van der Waals surface area (Å²) >= 11 is 0. The van der Waals surface area contributed by atoms with Gasteiger partial charge >= 0.3 is 0 Å². The second-order valence-electron chi connectivity index (χ2n) is 7.66. The van der Waals surface area contributed by atoms with Gasteiger partial charge in [-0.15, -0.1) is 0 Å². The van der Waals surface area contributed by atoms with E-state index in [1.807, 2.05) is 55.5 Å². The molecule has 0 spiro atoms. The molecule has 0 aliphatic carbocycles. The molecule has 6 heteroatoms. The lowest BCUT2D eigenvalue weighted by molar-refractivity contribution is -0.122. The van der Waals surface area contributed by atoms with Crippen LogP contribution in [0.4, 0.5) is 11.4 Å². The van der Waals surface area contributed by atoms with Crippen molar-refractivity contribution in [2.24, 2.45) is 0 Å². The van der Waals surface area contributed by atoms with Gasteiger partial charge in [-0.2, -0.15) is 0 Å². The molecule has 0 radical (unpaired) electrons. The van der Waals surface area contributed by atoms with Crippen LogP contribution in [0.1, 0.15) is 51.1 Å². The molecule has 160 valence electrons. The van der Waals surface area contributed by atoms with Crippen LogP contribution in [0.15, 0.2) is 48.5 Å². The number of anilines is 2. The third-order valence-corrected chi connectivity index (χ3v) is 5.42. The Labute approximate surface area is 178 Å². The topological polar surface area (TPSA) is 70.7 Å². The van der Waals surface area contributed by atoms with E-state index < -0.39 is 6.04 Å². The highest BCUT2D eigenvalue weighted by Gasteiger charge is 2.25. The summed E-state index contributed by atoms with van der Waals surface area (Å²) in [5, 5.41) is 6.41. The molecule has 2 aromatic carbocycles. The number of amides is 2. The number of carbonyl (C=O) groups is 2. The summed E-state index contributed by atoms with van der Waals surface area (Å²) in [6.07, 6.45) is 3.30. The average Bonchev–Trinajstić information content (AvgIpc) is 3.19. The lowest BCUT2D eigenvalue weighted by Crippen LogP contribution is -2.39. The molecule has 0 bridgehead atoms. The van der Waals surface area contributed by atoms with E-state index in [4.69, 9.17) is 4.74 Å². The van der Waals surface area contributed by atoms with E-state index in [0.717, 1.165) is 36.2 Å². The third-order valence-electron chi connectivity index (χ3n) is 5.42. The molecule has 1 fully saturated rings. The minimum atomic E-state index is -0.419. The smallest absolute Gasteiger partial charge is 0.242 e. The summed E-state index contributed by atoms with van der Waals surface area (Å²) in [5.41, 5.74) is 2.66. The first kappa shape index (κ1) is 21.7. The first-order chi connectivity index (χ1) is 14.5. The largest absolute Gasteiger partial charge is 0.494 e. The number of methoxy groups -OCH3 is 1. The Bertz CT molecular complexity index is 869. The second-order valence-corrected chi connectivity index (χ2v) is 7.66. The second kappa shape index (κ2) is 10.1. The van der Waals surface area contributed by atoms with E-state index in [9.17, 15) is 9.59 Å². The standard InChI is InChI=1S/C24H31N3O3/c1-4-9-20(18-10-6-5-7-11-18)26-24(29)17(2)25-19-13-14-21(22(16-19)30-3)27-15-8-12-23(27)28/h5-7,10-11,13-14,16-17,20,25H,4,8-9,12,15H2,1-3H3,(H,26,29). The molecule has 6 nitrogen and oxygen atoms in total. The Hall–Kier alpha value is -3.02. The lowest BCUT2D eigenvalue weighted by atomic mass is 10.0. The molecule has 1 aliphatic heterocycles. The van der Waals surface area contributed by atoms with Gasteiger partial charge in [0.15, 0.2) is 0 Å². The fourth-order valence-electron chi connectivity index (χ4n) is 3.80. The summed E-state index contributed by atoms with van der Waals surface area (Å²) in [6.45, 7) is 4.66. The number of nitrogens with one attached hydrogen (secondary N) is 2. The van der Waals surface area contributed by atoms with Gasteiger partial charge in [0.2, 0.25) is 11.8 Å². The number of hydrogen-bond acceptors (Lipinski definition) is 4. The van der Waals surface area contributed by atoms with Crippen LogP contribution in [-0.2, 0) is 9.59 Å². The van der Waals surface area contributed by atoms with Crippen molar-refractivity contribution in [1.82, 2.24) is 5.32 Å². The molecule has 0 aromatic heterocycles. The number of carbonyl (C=O) groups excluding carboxylic acids is 2. The van der Waals surface area contributed by atoms with E-state index in [1.165, 1.54) is 0 Å². The number of nitrogens with zero attached hydrogens (tertiary/aromatic N) is 1. The van der Waals surface area contributed by atoms with Crippen molar-refractivity contribution in [3.63, 3.8) is 0 Å². The summed E-state index contributed by atoms with van der Waals surface area (Å²) in [4.78, 5) is 26.6. The summed E-state index contributed by atoms with van der Waals surface area (Å²) in [6, 6.07) is 15.2. The van der Waals surface area contributed by atoms with E-state index in [0.29, 0.717) is 18.7 Å². The minimum absolute atomic E-state index is 0.00830. The maximum atomic E-state index is 12.8. The summed E-state index contributed by atoms with van der Waals surface area (Å²) in [5.74, 6) is 0.677. The molecule has 3 rings (SSSR count). The Kier molecular flexibility index (Phi) is 7.33. The zero-order valence-corrected chi connectivity index (χ0v) is 18.0. The van der Waals surface area contributed by atoms with Gasteiger partial charge in [-0.3, -0.25) is 9.59 Å². The first-order valence-electron chi connectivity index (χ1n) is 10.6. The molecule has 30 heavy (non-hydrogen) atoms. The van der Waals surface area contributed by atoms with Gasteiger partial charge in [-0.1, -0.05) is 43.7 Å². The Balaban J connectivity index is 1.67. The van der Waals surface area contributed by atoms with Gasteiger partial charge in [-0.05, 0) is 37.5 Å². The van der Waals surface area contributed by atoms with Crippen molar-refractivity contribution < 1.29 is 14.3 Å². The molecule has 2 atom stereocenters. The fourth-order valence-corrected chi connectivity index (χ4v) is 3.80. The molecule has 2 aromatic rings. The number of rotatable bonds is 9. The number of hydrogen-bond donors (Lipinski definition) is 2. The molecule has 1 aliphatic rings. The maximum Gasteiger partial charge on any atom is 0.242 e. The Morgan fingerprint density at radius 1 is 1.20 bits per heavy atom. The molecule has 2 amide bonds. The third kappa shape index (κ3) is 5.12. The van der Waals surface area contributed by atoms with Crippen LogP contribution in [0.5, 0.6) is 5.75 Å². The molecule has 0 saturated carbocycles. The maximum absolute atomic E-state index is 12.8. The quantitative estimate of drug-likeness (QED) is 0.649. The first-order valence-corrected chi connectivity index (χ1v) is 10.6. The summed E-state index contributed by atoms with van der Waals surface area (Å²) in [7, 11) is 1.59. The van der Waals surface area contributed by atoms with Crippen LogP contribution in [0.3, 0.4) is 0 Å². The SMILES string of the molecule is CCCC(NC(=O)C(C)Nc1ccc(N2CCCC2=O)c(OC)c1)c1ccccc1. The van der Waals surface area contributed by atoms with Crippen LogP contribution in [0, 0.1) is 0 Å². The fraction of sp³-hybridized carbons (Fsp3) is 0.417. The average molecular weight is 410 g/mol. The Morgan fingerprint density at radius 3 is 2.60 bits per heavy atom. The van der Waals surface area contributed by atoms with Crippen LogP contribution >= 0.6 is 0 Å². The molecule has 1 heterocycles. The molecule has 1 saturated heterocycles. The zero-order chi connectivity index (χ0) is 21.5. The van der Waals surface area contributed by atoms with Gasteiger partial charge in [0.1, 0.15) is 11.8 Å².